The van der Waals surface area contributed by atoms with E-state index in [1.165, 1.54) is 12.1 Å². The number of nitrogen functional groups attached to an aromatic ring is 1. The molecule has 14 heavy (non-hydrogen) atoms. The number of hydrogen-bond donors (Lipinski definition) is 1. The minimum atomic E-state index is 0.555. The number of nitrogens with zero attached hydrogens (tertiary/aromatic N) is 2. The lowest BCUT2D eigenvalue weighted by molar-refractivity contribution is 0.0103. The quantitative estimate of drug-likeness (QED) is 0.707. The monoisotopic (exact) mass is 191 g/mol. The van der Waals surface area contributed by atoms with Gasteiger partial charge in [0.15, 0.2) is 0 Å². The van der Waals surface area contributed by atoms with E-state index in [1.807, 2.05) is 18.3 Å². The van der Waals surface area contributed by atoms with Crippen LogP contribution in [0.25, 0.3) is 0 Å². The molecule has 0 amide bonds. The van der Waals surface area contributed by atoms with Gasteiger partial charge in [-0.05, 0) is 18.6 Å². The van der Waals surface area contributed by atoms with Crippen molar-refractivity contribution in [2.75, 3.05) is 23.8 Å². The molecule has 2 unspecified atom stereocenters. The Kier molecular flexibility index (Phi) is 1.64. The summed E-state index contributed by atoms with van der Waals surface area (Å²) in [7, 11) is 0. The Balaban J connectivity index is 1.86. The molecule has 3 heterocycles. The molecule has 1 aromatic rings. The molecule has 4 nitrogen and oxygen atoms in total. The summed E-state index contributed by atoms with van der Waals surface area (Å²) in [6.45, 7) is 1.70. The summed E-state index contributed by atoms with van der Waals surface area (Å²) < 4.78 is 5.42. The van der Waals surface area contributed by atoms with E-state index in [-0.39, 0.29) is 0 Å². The van der Waals surface area contributed by atoms with Crippen molar-refractivity contribution in [1.29, 1.82) is 0 Å². The molecule has 2 N–H and O–H groups in total. The molecule has 4 heteroatoms. The van der Waals surface area contributed by atoms with Crippen LogP contribution in [0.4, 0.5) is 11.5 Å². The lowest BCUT2D eigenvalue weighted by Crippen LogP contribution is -2.64. The number of anilines is 2. The van der Waals surface area contributed by atoms with E-state index in [1.54, 1.807) is 0 Å². The summed E-state index contributed by atoms with van der Waals surface area (Å²) in [6.07, 6.45) is 3.10. The van der Waals surface area contributed by atoms with E-state index in [0.29, 0.717) is 17.9 Å². The van der Waals surface area contributed by atoms with Gasteiger partial charge >= 0.3 is 0 Å². The molecule has 2 aliphatic heterocycles. The number of pyridine rings is 1. The molecular formula is C10H13N3O. The second-order valence-corrected chi connectivity index (χ2v) is 3.93. The van der Waals surface area contributed by atoms with E-state index in [2.05, 4.69) is 9.88 Å². The largest absolute Gasteiger partial charge is 0.384 e. The number of aromatic nitrogens is 1. The molecule has 3 rings (SSSR count). The van der Waals surface area contributed by atoms with Gasteiger partial charge in [-0.2, -0.15) is 0 Å². The van der Waals surface area contributed by atoms with Crippen LogP contribution in [0.2, 0.25) is 0 Å². The molecule has 2 atom stereocenters. The predicted molar refractivity (Wildman–Crippen MR) is 54.1 cm³/mol. The number of hydrogen-bond acceptors (Lipinski definition) is 4. The second-order valence-electron chi connectivity index (χ2n) is 3.93. The molecule has 0 radical (unpaired) electrons. The van der Waals surface area contributed by atoms with Gasteiger partial charge in [-0.3, -0.25) is 0 Å². The summed E-state index contributed by atoms with van der Waals surface area (Å²) in [5.74, 6) is 0.579. The van der Waals surface area contributed by atoms with Crippen LogP contribution in [0.15, 0.2) is 18.3 Å². The van der Waals surface area contributed by atoms with Crippen molar-refractivity contribution in [3.63, 3.8) is 0 Å². The highest BCUT2D eigenvalue weighted by Gasteiger charge is 2.42. The predicted octanol–water partition coefficient (Wildman–Crippen LogP) is 0.641. The zero-order valence-electron chi connectivity index (χ0n) is 7.89. The number of nitrogens with two attached hydrogens (primary N) is 1. The van der Waals surface area contributed by atoms with Crippen LogP contribution in [-0.4, -0.2) is 30.3 Å². The van der Waals surface area contributed by atoms with Crippen molar-refractivity contribution in [2.45, 2.75) is 18.5 Å². The van der Waals surface area contributed by atoms with Crippen LogP contribution in [-0.2, 0) is 4.74 Å². The fourth-order valence-electron chi connectivity index (χ4n) is 2.31. The SMILES string of the molecule is Nc1ccc(N2C3COCC2C3)cn1. The van der Waals surface area contributed by atoms with Crippen LogP contribution in [0.3, 0.4) is 0 Å². The first-order chi connectivity index (χ1) is 6.84. The van der Waals surface area contributed by atoms with Gasteiger partial charge in [-0.15, -0.1) is 0 Å². The minimum Gasteiger partial charge on any atom is -0.384 e. The molecular weight excluding hydrogens is 178 g/mol. The highest BCUT2D eigenvalue weighted by molar-refractivity contribution is 5.53. The van der Waals surface area contributed by atoms with Crippen molar-refractivity contribution in [3.8, 4) is 0 Å². The molecule has 0 spiro atoms. The number of ether oxygens (including phenoxy) is 1. The zero-order valence-corrected chi connectivity index (χ0v) is 7.89. The maximum absolute atomic E-state index is 5.55. The van der Waals surface area contributed by atoms with Gasteiger partial charge in [0, 0.05) is 0 Å². The lowest BCUT2D eigenvalue weighted by atomic mass is 9.91. The molecule has 2 bridgehead atoms. The Morgan fingerprint density at radius 2 is 2.14 bits per heavy atom. The van der Waals surface area contributed by atoms with Gasteiger partial charge in [0.1, 0.15) is 5.82 Å². The maximum Gasteiger partial charge on any atom is 0.123 e. The molecule has 0 saturated carbocycles. The van der Waals surface area contributed by atoms with Crippen LogP contribution >= 0.6 is 0 Å². The zero-order chi connectivity index (χ0) is 9.54. The average Bonchev–Trinajstić information content (AvgIpc) is 2.22. The van der Waals surface area contributed by atoms with Gasteiger partial charge < -0.3 is 15.4 Å². The molecule has 2 saturated heterocycles. The maximum atomic E-state index is 5.55. The van der Waals surface area contributed by atoms with Gasteiger partial charge in [0.2, 0.25) is 0 Å². The van der Waals surface area contributed by atoms with Gasteiger partial charge in [0.05, 0.1) is 37.2 Å². The smallest absolute Gasteiger partial charge is 0.123 e. The number of rotatable bonds is 1. The molecule has 2 aliphatic rings. The highest BCUT2D eigenvalue weighted by Crippen LogP contribution is 2.35. The average molecular weight is 191 g/mol. The van der Waals surface area contributed by atoms with E-state index in [0.717, 1.165) is 13.2 Å². The molecule has 2 fully saturated rings. The van der Waals surface area contributed by atoms with Crippen molar-refractivity contribution in [1.82, 2.24) is 4.98 Å². The first-order valence-electron chi connectivity index (χ1n) is 4.92. The van der Waals surface area contributed by atoms with E-state index in [4.69, 9.17) is 10.5 Å². The van der Waals surface area contributed by atoms with E-state index >= 15 is 0 Å². The third kappa shape index (κ3) is 1.07. The second kappa shape index (κ2) is 2.85. The fourth-order valence-corrected chi connectivity index (χ4v) is 2.31. The number of morpholine rings is 1. The Hall–Kier alpha value is -1.29. The Bertz CT molecular complexity index is 324. The summed E-state index contributed by atoms with van der Waals surface area (Å²) in [6, 6.07) is 5.00. The highest BCUT2D eigenvalue weighted by atomic mass is 16.5. The topological polar surface area (TPSA) is 51.4 Å². The fraction of sp³-hybridized carbons (Fsp3) is 0.500. The van der Waals surface area contributed by atoms with Gasteiger partial charge in [-0.1, -0.05) is 0 Å². The normalized spacial score (nSPS) is 29.9. The summed E-state index contributed by atoms with van der Waals surface area (Å²) in [5.41, 5.74) is 6.72. The van der Waals surface area contributed by atoms with Crippen molar-refractivity contribution in [3.05, 3.63) is 18.3 Å². The molecule has 1 aromatic heterocycles. The van der Waals surface area contributed by atoms with Crippen molar-refractivity contribution >= 4 is 11.5 Å². The molecule has 74 valence electrons. The van der Waals surface area contributed by atoms with Gasteiger partial charge in [0.25, 0.3) is 0 Å². The lowest BCUT2D eigenvalue weighted by Gasteiger charge is -2.53. The summed E-state index contributed by atoms with van der Waals surface area (Å²) >= 11 is 0. The van der Waals surface area contributed by atoms with Gasteiger partial charge in [-0.25, -0.2) is 4.98 Å². The van der Waals surface area contributed by atoms with Crippen LogP contribution in [0, 0.1) is 0 Å². The Morgan fingerprint density at radius 1 is 1.36 bits per heavy atom. The molecule has 0 aromatic carbocycles. The van der Waals surface area contributed by atoms with Crippen molar-refractivity contribution in [2.24, 2.45) is 0 Å². The summed E-state index contributed by atoms with van der Waals surface area (Å²) in [4.78, 5) is 6.49. The third-order valence-corrected chi connectivity index (χ3v) is 3.02. The summed E-state index contributed by atoms with van der Waals surface area (Å²) in [5, 5.41) is 0. The number of fused-ring (bicyclic) bond motifs is 2. The Labute approximate surface area is 82.7 Å². The van der Waals surface area contributed by atoms with Crippen LogP contribution in [0.1, 0.15) is 6.42 Å². The standard InChI is InChI=1S/C10H13N3O/c11-10-2-1-7(4-12-10)13-8-3-9(13)6-14-5-8/h1-2,4,8-9H,3,5-6H2,(H2,11,12). The first-order valence-corrected chi connectivity index (χ1v) is 4.92. The van der Waals surface area contributed by atoms with Crippen molar-refractivity contribution < 1.29 is 4.74 Å². The Morgan fingerprint density at radius 3 is 2.71 bits per heavy atom. The first kappa shape index (κ1) is 8.05. The molecule has 0 aliphatic carbocycles. The van der Waals surface area contributed by atoms with Crippen LogP contribution < -0.4 is 10.6 Å². The third-order valence-electron chi connectivity index (χ3n) is 3.02. The van der Waals surface area contributed by atoms with E-state index in [9.17, 15) is 0 Å². The van der Waals surface area contributed by atoms with E-state index < -0.39 is 0 Å². The van der Waals surface area contributed by atoms with Crippen LogP contribution in [0.5, 0.6) is 0 Å². The minimum absolute atomic E-state index is 0.555.